The van der Waals surface area contributed by atoms with Crippen LogP contribution >= 0.6 is 23.1 Å². The van der Waals surface area contributed by atoms with E-state index in [2.05, 4.69) is 23.5 Å². The standard InChI is InChI=1S/C11H18N2S2/c1-3-6-12-8-4-5-9-10(7-8)15-11(13-9)14-2/h8,12H,3-7H2,1-2H3. The van der Waals surface area contributed by atoms with Crippen LogP contribution in [0.5, 0.6) is 0 Å². The van der Waals surface area contributed by atoms with Gasteiger partial charge in [-0.05, 0) is 38.5 Å². The zero-order chi connectivity index (χ0) is 10.7. The van der Waals surface area contributed by atoms with E-state index in [9.17, 15) is 0 Å². The number of fused-ring (bicyclic) bond motifs is 1. The van der Waals surface area contributed by atoms with Crippen molar-refractivity contribution in [3.8, 4) is 0 Å². The normalized spacial score (nSPS) is 20.3. The lowest BCUT2D eigenvalue weighted by Gasteiger charge is -2.22. The van der Waals surface area contributed by atoms with Crippen molar-refractivity contribution in [3.63, 3.8) is 0 Å². The molecule has 15 heavy (non-hydrogen) atoms. The molecule has 0 fully saturated rings. The van der Waals surface area contributed by atoms with Crippen LogP contribution in [-0.4, -0.2) is 23.8 Å². The molecule has 1 aromatic heterocycles. The Morgan fingerprint density at radius 1 is 1.60 bits per heavy atom. The number of thiazole rings is 1. The molecule has 1 aromatic rings. The SMILES string of the molecule is CCCNC1CCc2nc(SC)sc2C1. The van der Waals surface area contributed by atoms with Gasteiger partial charge >= 0.3 is 0 Å². The highest BCUT2D eigenvalue weighted by Crippen LogP contribution is 2.31. The molecule has 1 heterocycles. The first-order valence-electron chi connectivity index (χ1n) is 5.59. The molecule has 0 amide bonds. The van der Waals surface area contributed by atoms with E-state index >= 15 is 0 Å². The summed E-state index contributed by atoms with van der Waals surface area (Å²) >= 11 is 3.65. The van der Waals surface area contributed by atoms with Gasteiger partial charge in [-0.15, -0.1) is 11.3 Å². The van der Waals surface area contributed by atoms with Gasteiger partial charge in [0, 0.05) is 10.9 Å². The number of hydrogen-bond donors (Lipinski definition) is 1. The number of aromatic nitrogens is 1. The summed E-state index contributed by atoms with van der Waals surface area (Å²) in [5, 5.41) is 3.61. The summed E-state index contributed by atoms with van der Waals surface area (Å²) in [6.45, 7) is 3.37. The van der Waals surface area contributed by atoms with Gasteiger partial charge in [0.05, 0.1) is 5.69 Å². The molecule has 0 radical (unpaired) electrons. The fourth-order valence-corrected chi connectivity index (χ4v) is 3.71. The maximum absolute atomic E-state index is 4.64. The average Bonchev–Trinajstić information content (AvgIpc) is 2.68. The summed E-state index contributed by atoms with van der Waals surface area (Å²) < 4.78 is 1.23. The molecular weight excluding hydrogens is 224 g/mol. The lowest BCUT2D eigenvalue weighted by Crippen LogP contribution is -2.34. The fourth-order valence-electron chi connectivity index (χ4n) is 1.96. The number of nitrogens with one attached hydrogen (secondary N) is 1. The van der Waals surface area contributed by atoms with Crippen LogP contribution in [0.2, 0.25) is 0 Å². The smallest absolute Gasteiger partial charge is 0.150 e. The Morgan fingerprint density at radius 3 is 3.20 bits per heavy atom. The van der Waals surface area contributed by atoms with Crippen LogP contribution in [0.4, 0.5) is 0 Å². The summed E-state index contributed by atoms with van der Waals surface area (Å²) in [6, 6.07) is 0.688. The van der Waals surface area contributed by atoms with Crippen molar-refractivity contribution in [2.24, 2.45) is 0 Å². The number of thioether (sulfide) groups is 1. The molecule has 1 N–H and O–H groups in total. The van der Waals surface area contributed by atoms with E-state index in [1.807, 2.05) is 11.3 Å². The van der Waals surface area contributed by atoms with Crippen LogP contribution in [0, 0.1) is 0 Å². The van der Waals surface area contributed by atoms with Crippen molar-refractivity contribution in [1.29, 1.82) is 0 Å². The van der Waals surface area contributed by atoms with Crippen molar-refractivity contribution in [3.05, 3.63) is 10.6 Å². The lowest BCUT2D eigenvalue weighted by molar-refractivity contribution is 0.459. The van der Waals surface area contributed by atoms with E-state index < -0.39 is 0 Å². The van der Waals surface area contributed by atoms with Crippen molar-refractivity contribution < 1.29 is 0 Å². The Bertz CT molecular complexity index is 322. The van der Waals surface area contributed by atoms with E-state index in [0.29, 0.717) is 6.04 Å². The largest absolute Gasteiger partial charge is 0.314 e. The first-order valence-corrected chi connectivity index (χ1v) is 7.63. The van der Waals surface area contributed by atoms with Crippen LogP contribution in [0.3, 0.4) is 0 Å². The summed E-state index contributed by atoms with van der Waals surface area (Å²) in [5.74, 6) is 0. The van der Waals surface area contributed by atoms with Gasteiger partial charge in [0.1, 0.15) is 4.34 Å². The molecule has 1 aliphatic rings. The first kappa shape index (κ1) is 11.4. The van der Waals surface area contributed by atoms with Crippen LogP contribution < -0.4 is 5.32 Å². The molecule has 84 valence electrons. The molecular formula is C11H18N2S2. The minimum atomic E-state index is 0.688. The highest BCUT2D eigenvalue weighted by Gasteiger charge is 2.21. The van der Waals surface area contributed by atoms with Crippen LogP contribution in [0.25, 0.3) is 0 Å². The molecule has 1 unspecified atom stereocenters. The predicted octanol–water partition coefficient (Wildman–Crippen LogP) is 2.72. The Labute approximate surface area is 99.9 Å². The molecule has 1 aliphatic carbocycles. The first-order chi connectivity index (χ1) is 7.33. The minimum absolute atomic E-state index is 0.688. The highest BCUT2D eigenvalue weighted by atomic mass is 32.2. The topological polar surface area (TPSA) is 24.9 Å². The average molecular weight is 242 g/mol. The molecule has 0 aliphatic heterocycles. The third-order valence-electron chi connectivity index (χ3n) is 2.78. The van der Waals surface area contributed by atoms with Gasteiger partial charge in [0.2, 0.25) is 0 Å². The van der Waals surface area contributed by atoms with Gasteiger partial charge < -0.3 is 5.32 Å². The molecule has 2 rings (SSSR count). The maximum atomic E-state index is 4.64. The fraction of sp³-hybridized carbons (Fsp3) is 0.727. The van der Waals surface area contributed by atoms with E-state index in [-0.39, 0.29) is 0 Å². The summed E-state index contributed by atoms with van der Waals surface area (Å²) in [4.78, 5) is 6.15. The van der Waals surface area contributed by atoms with Crippen molar-refractivity contribution in [2.75, 3.05) is 12.8 Å². The molecule has 2 nitrogen and oxygen atoms in total. The Hall–Kier alpha value is -0.0600. The van der Waals surface area contributed by atoms with Gasteiger partial charge in [-0.1, -0.05) is 18.7 Å². The number of hydrogen-bond acceptors (Lipinski definition) is 4. The van der Waals surface area contributed by atoms with Crippen molar-refractivity contribution >= 4 is 23.1 Å². The second kappa shape index (κ2) is 5.32. The predicted molar refractivity (Wildman–Crippen MR) is 68.0 cm³/mol. The van der Waals surface area contributed by atoms with E-state index in [4.69, 9.17) is 0 Å². The minimum Gasteiger partial charge on any atom is -0.314 e. The second-order valence-electron chi connectivity index (χ2n) is 3.95. The quantitative estimate of drug-likeness (QED) is 0.822. The van der Waals surface area contributed by atoms with Crippen molar-refractivity contribution in [1.82, 2.24) is 10.3 Å². The Morgan fingerprint density at radius 2 is 2.47 bits per heavy atom. The van der Waals surface area contributed by atoms with Crippen LogP contribution in [0.1, 0.15) is 30.3 Å². The van der Waals surface area contributed by atoms with Crippen LogP contribution in [0.15, 0.2) is 4.34 Å². The van der Waals surface area contributed by atoms with Gasteiger partial charge in [0.25, 0.3) is 0 Å². The summed E-state index contributed by atoms with van der Waals surface area (Å²) in [5.41, 5.74) is 1.36. The Balaban J connectivity index is 1.99. The van der Waals surface area contributed by atoms with Gasteiger partial charge in [-0.25, -0.2) is 4.98 Å². The van der Waals surface area contributed by atoms with Gasteiger partial charge in [-0.2, -0.15) is 0 Å². The lowest BCUT2D eigenvalue weighted by atomic mass is 9.98. The molecule has 0 saturated carbocycles. The van der Waals surface area contributed by atoms with E-state index in [0.717, 1.165) is 13.0 Å². The zero-order valence-electron chi connectivity index (χ0n) is 9.38. The highest BCUT2D eigenvalue weighted by molar-refractivity contribution is 8.00. The monoisotopic (exact) mass is 242 g/mol. The summed E-state index contributed by atoms with van der Waals surface area (Å²) in [7, 11) is 0. The third kappa shape index (κ3) is 2.74. The zero-order valence-corrected chi connectivity index (χ0v) is 11.0. The number of nitrogens with zero attached hydrogens (tertiary/aromatic N) is 1. The van der Waals surface area contributed by atoms with Gasteiger partial charge in [0.15, 0.2) is 0 Å². The van der Waals surface area contributed by atoms with E-state index in [1.165, 1.54) is 34.2 Å². The number of aryl methyl sites for hydroxylation is 1. The molecule has 1 atom stereocenters. The summed E-state index contributed by atoms with van der Waals surface area (Å²) in [6.07, 6.45) is 6.94. The molecule has 4 heteroatoms. The molecule has 0 aromatic carbocycles. The van der Waals surface area contributed by atoms with Crippen LogP contribution in [-0.2, 0) is 12.8 Å². The Kier molecular flexibility index (Phi) is 4.05. The van der Waals surface area contributed by atoms with Crippen molar-refractivity contribution in [2.45, 2.75) is 43.0 Å². The molecule has 0 spiro atoms. The molecule has 0 saturated heterocycles. The second-order valence-corrected chi connectivity index (χ2v) is 6.08. The third-order valence-corrected chi connectivity index (χ3v) is 4.88. The van der Waals surface area contributed by atoms with Gasteiger partial charge in [-0.3, -0.25) is 0 Å². The molecule has 0 bridgehead atoms. The maximum Gasteiger partial charge on any atom is 0.150 e. The number of rotatable bonds is 4. The van der Waals surface area contributed by atoms with E-state index in [1.54, 1.807) is 11.8 Å².